The Balaban J connectivity index is 1.94. The van der Waals surface area contributed by atoms with E-state index >= 15 is 0 Å². The number of amides is 1. The number of methoxy groups -OCH3 is 2. The molecule has 0 aromatic heterocycles. The average Bonchev–Trinajstić information content (AvgIpc) is 2.56. The summed E-state index contributed by atoms with van der Waals surface area (Å²) in [6, 6.07) is 7.58. The van der Waals surface area contributed by atoms with Crippen molar-refractivity contribution in [1.82, 2.24) is 4.90 Å². The Hall–Kier alpha value is -1.59. The first-order chi connectivity index (χ1) is 11.0. The number of nitrogens with zero attached hydrogens (tertiary/aromatic N) is 1. The van der Waals surface area contributed by atoms with Crippen molar-refractivity contribution in [2.75, 3.05) is 33.9 Å². The third kappa shape index (κ3) is 4.45. The van der Waals surface area contributed by atoms with Crippen LogP contribution in [0.1, 0.15) is 25.3 Å². The molecule has 1 aliphatic rings. The molecule has 1 fully saturated rings. The Kier molecular flexibility index (Phi) is 6.02. The molecule has 0 spiro atoms. The first-order valence-electron chi connectivity index (χ1n) is 8.10. The van der Waals surface area contributed by atoms with E-state index in [2.05, 4.69) is 0 Å². The number of likely N-dealkylation sites (tertiary alicyclic amines) is 1. The number of hydrogen-bond acceptors (Lipinski definition) is 4. The van der Waals surface area contributed by atoms with Gasteiger partial charge in [0.25, 0.3) is 0 Å². The highest BCUT2D eigenvalue weighted by Gasteiger charge is 2.39. The van der Waals surface area contributed by atoms with Crippen LogP contribution in [0.15, 0.2) is 24.3 Å². The van der Waals surface area contributed by atoms with Gasteiger partial charge in [-0.05, 0) is 30.5 Å². The maximum Gasteiger partial charge on any atom is 0.227 e. The summed E-state index contributed by atoms with van der Waals surface area (Å²) >= 11 is 0. The highest BCUT2D eigenvalue weighted by molar-refractivity contribution is 5.79. The summed E-state index contributed by atoms with van der Waals surface area (Å²) in [5.74, 6) is 0.899. The van der Waals surface area contributed by atoms with Gasteiger partial charge in [-0.3, -0.25) is 4.79 Å². The van der Waals surface area contributed by atoms with Gasteiger partial charge in [-0.25, -0.2) is 0 Å². The number of aliphatic hydroxyl groups is 1. The average molecular weight is 321 g/mol. The van der Waals surface area contributed by atoms with Crippen LogP contribution in [0, 0.1) is 5.92 Å². The molecule has 1 aliphatic heterocycles. The zero-order chi connectivity index (χ0) is 16.9. The third-order valence-electron chi connectivity index (χ3n) is 4.81. The zero-order valence-corrected chi connectivity index (χ0v) is 14.2. The predicted molar refractivity (Wildman–Crippen MR) is 88.5 cm³/mol. The highest BCUT2D eigenvalue weighted by Crippen LogP contribution is 2.31. The van der Waals surface area contributed by atoms with Crippen LogP contribution >= 0.6 is 0 Å². The zero-order valence-electron chi connectivity index (χ0n) is 14.2. The van der Waals surface area contributed by atoms with Gasteiger partial charge in [0.2, 0.25) is 5.91 Å². The Morgan fingerprint density at radius 1 is 1.43 bits per heavy atom. The maximum absolute atomic E-state index is 12.5. The normalized spacial score (nSPS) is 24.5. The van der Waals surface area contributed by atoms with E-state index in [4.69, 9.17) is 9.47 Å². The molecule has 0 unspecified atom stereocenters. The van der Waals surface area contributed by atoms with E-state index in [1.165, 1.54) is 0 Å². The molecule has 1 aromatic carbocycles. The number of rotatable bonds is 6. The van der Waals surface area contributed by atoms with E-state index in [1.807, 2.05) is 36.1 Å². The summed E-state index contributed by atoms with van der Waals surface area (Å²) < 4.78 is 10.3. The van der Waals surface area contributed by atoms with Crippen LogP contribution < -0.4 is 4.74 Å². The van der Waals surface area contributed by atoms with Gasteiger partial charge in [0.15, 0.2) is 0 Å². The molecule has 2 rings (SSSR count). The third-order valence-corrected chi connectivity index (χ3v) is 4.81. The van der Waals surface area contributed by atoms with E-state index in [9.17, 15) is 9.90 Å². The molecule has 23 heavy (non-hydrogen) atoms. The summed E-state index contributed by atoms with van der Waals surface area (Å²) in [6.45, 7) is 3.72. The van der Waals surface area contributed by atoms with E-state index in [0.29, 0.717) is 39.0 Å². The predicted octanol–water partition coefficient (Wildman–Crippen LogP) is 1.87. The molecular formula is C18H27NO4. The SMILES string of the molecule is COCC[C@]1(O)CCN(C(=O)Cc2cccc(OC)c2)C[C@H]1C. The molecule has 1 N–H and O–H groups in total. The van der Waals surface area contributed by atoms with Gasteiger partial charge in [0.05, 0.1) is 19.1 Å². The lowest BCUT2D eigenvalue weighted by atomic mass is 9.79. The summed E-state index contributed by atoms with van der Waals surface area (Å²) in [5, 5.41) is 10.7. The van der Waals surface area contributed by atoms with Gasteiger partial charge in [0.1, 0.15) is 5.75 Å². The Morgan fingerprint density at radius 2 is 2.22 bits per heavy atom. The van der Waals surface area contributed by atoms with Crippen molar-refractivity contribution in [3.05, 3.63) is 29.8 Å². The molecule has 5 heteroatoms. The molecule has 0 bridgehead atoms. The fourth-order valence-electron chi connectivity index (χ4n) is 3.11. The van der Waals surface area contributed by atoms with Gasteiger partial charge in [0, 0.05) is 32.7 Å². The van der Waals surface area contributed by atoms with Crippen LogP contribution in [0.5, 0.6) is 5.75 Å². The quantitative estimate of drug-likeness (QED) is 0.869. The summed E-state index contributed by atoms with van der Waals surface area (Å²) in [6.07, 6.45) is 1.57. The molecule has 1 amide bonds. The van der Waals surface area contributed by atoms with E-state index in [1.54, 1.807) is 14.2 Å². The number of carbonyl (C=O) groups is 1. The van der Waals surface area contributed by atoms with Crippen LogP contribution in [-0.2, 0) is 16.0 Å². The van der Waals surface area contributed by atoms with Crippen LogP contribution in [-0.4, -0.2) is 55.4 Å². The number of piperidine rings is 1. The second kappa shape index (κ2) is 7.79. The van der Waals surface area contributed by atoms with Crippen LogP contribution in [0.3, 0.4) is 0 Å². The molecule has 2 atom stereocenters. The fourth-order valence-corrected chi connectivity index (χ4v) is 3.11. The highest BCUT2D eigenvalue weighted by atomic mass is 16.5. The number of carbonyl (C=O) groups excluding carboxylic acids is 1. The van der Waals surface area contributed by atoms with E-state index < -0.39 is 5.60 Å². The largest absolute Gasteiger partial charge is 0.497 e. The van der Waals surface area contributed by atoms with Crippen molar-refractivity contribution in [2.45, 2.75) is 31.8 Å². The first-order valence-corrected chi connectivity index (χ1v) is 8.10. The van der Waals surface area contributed by atoms with Crippen molar-refractivity contribution in [3.8, 4) is 5.75 Å². The number of benzene rings is 1. The summed E-state index contributed by atoms with van der Waals surface area (Å²) in [4.78, 5) is 14.4. The Labute approximate surface area is 138 Å². The number of ether oxygens (including phenoxy) is 2. The van der Waals surface area contributed by atoms with Gasteiger partial charge in [-0.15, -0.1) is 0 Å². The van der Waals surface area contributed by atoms with Gasteiger partial charge in [-0.2, -0.15) is 0 Å². The minimum atomic E-state index is -0.733. The van der Waals surface area contributed by atoms with Crippen molar-refractivity contribution < 1.29 is 19.4 Å². The minimum Gasteiger partial charge on any atom is -0.497 e. The minimum absolute atomic E-state index is 0.0423. The Morgan fingerprint density at radius 3 is 2.87 bits per heavy atom. The van der Waals surface area contributed by atoms with Crippen LogP contribution in [0.2, 0.25) is 0 Å². The summed E-state index contributed by atoms with van der Waals surface area (Å²) in [7, 11) is 3.26. The molecule has 0 aliphatic carbocycles. The van der Waals surface area contributed by atoms with Gasteiger partial charge in [-0.1, -0.05) is 19.1 Å². The van der Waals surface area contributed by atoms with Gasteiger partial charge < -0.3 is 19.5 Å². The number of hydrogen-bond donors (Lipinski definition) is 1. The van der Waals surface area contributed by atoms with Crippen molar-refractivity contribution >= 4 is 5.91 Å². The molecule has 1 saturated heterocycles. The molecule has 1 aromatic rings. The molecule has 0 saturated carbocycles. The second-order valence-corrected chi connectivity index (χ2v) is 6.37. The monoisotopic (exact) mass is 321 g/mol. The molecule has 1 heterocycles. The molecular weight excluding hydrogens is 294 g/mol. The standard InChI is InChI=1S/C18H27NO4/c1-14-13-19(9-7-18(14,21)8-10-22-2)17(20)12-15-5-4-6-16(11-15)23-3/h4-6,11,14,21H,7-10,12-13H2,1-3H3/t14-,18-/m1/s1. The van der Waals surface area contributed by atoms with Crippen molar-refractivity contribution in [2.24, 2.45) is 5.92 Å². The lowest BCUT2D eigenvalue weighted by molar-refractivity contribution is -0.139. The van der Waals surface area contributed by atoms with Crippen LogP contribution in [0.4, 0.5) is 0 Å². The molecule has 0 radical (unpaired) electrons. The van der Waals surface area contributed by atoms with Crippen molar-refractivity contribution in [1.29, 1.82) is 0 Å². The maximum atomic E-state index is 12.5. The molecule has 5 nitrogen and oxygen atoms in total. The van der Waals surface area contributed by atoms with E-state index in [0.717, 1.165) is 11.3 Å². The van der Waals surface area contributed by atoms with Crippen molar-refractivity contribution in [3.63, 3.8) is 0 Å². The molecule has 128 valence electrons. The smallest absolute Gasteiger partial charge is 0.227 e. The Bertz CT molecular complexity index is 534. The first kappa shape index (κ1) is 17.8. The lowest BCUT2D eigenvalue weighted by Crippen LogP contribution is -2.53. The van der Waals surface area contributed by atoms with E-state index in [-0.39, 0.29) is 11.8 Å². The topological polar surface area (TPSA) is 59.0 Å². The fraction of sp³-hybridized carbons (Fsp3) is 0.611. The second-order valence-electron chi connectivity index (χ2n) is 6.37. The lowest BCUT2D eigenvalue weighted by Gasteiger charge is -2.43. The van der Waals surface area contributed by atoms with Crippen LogP contribution in [0.25, 0.3) is 0 Å². The summed E-state index contributed by atoms with van der Waals surface area (Å²) in [5.41, 5.74) is 0.213. The van der Waals surface area contributed by atoms with Gasteiger partial charge >= 0.3 is 0 Å².